The number of halogens is 6. The van der Waals surface area contributed by atoms with Crippen LogP contribution in [0.5, 0.6) is 0 Å². The second-order valence-corrected chi connectivity index (χ2v) is 8.42. The zero-order chi connectivity index (χ0) is 26.7. The summed E-state index contributed by atoms with van der Waals surface area (Å²) < 4.78 is 76.8. The van der Waals surface area contributed by atoms with Crippen LogP contribution >= 0.6 is 25.3 Å². The molecule has 0 atom stereocenters. The molecular formula is C26H14F6N2S2. The first kappa shape index (κ1) is 27.0. The number of benzene rings is 3. The molecule has 2 nitrogen and oxygen atoms in total. The third-order valence-electron chi connectivity index (χ3n) is 5.06. The molecule has 0 unspecified atom stereocenters. The van der Waals surface area contributed by atoms with Gasteiger partial charge in [0.25, 0.3) is 0 Å². The molecule has 0 saturated heterocycles. The summed E-state index contributed by atoms with van der Waals surface area (Å²) in [7, 11) is 0. The Bertz CT molecular complexity index is 1310. The predicted molar refractivity (Wildman–Crippen MR) is 131 cm³/mol. The van der Waals surface area contributed by atoms with E-state index >= 15 is 0 Å². The number of allylic oxidation sites excluding steroid dienone is 2. The normalized spacial score (nSPS) is 12.7. The molecule has 10 heteroatoms. The SMILES string of the molecule is N#C/C(=C\c1cc(S)c(/C=C(\C#N)c2ccc(C(F)(F)F)cc2)cc1S)c1ccc(C(F)(F)F)cc1. The highest BCUT2D eigenvalue weighted by Crippen LogP contribution is 2.33. The Morgan fingerprint density at radius 2 is 0.917 bits per heavy atom. The van der Waals surface area contributed by atoms with Crippen LogP contribution in [0, 0.1) is 22.7 Å². The lowest BCUT2D eigenvalue weighted by Crippen LogP contribution is -2.04. The molecule has 3 aromatic carbocycles. The van der Waals surface area contributed by atoms with E-state index in [2.05, 4.69) is 25.3 Å². The van der Waals surface area contributed by atoms with Crippen LogP contribution in [0.25, 0.3) is 23.3 Å². The molecule has 0 radical (unpaired) electrons. The maximum atomic E-state index is 12.8. The van der Waals surface area contributed by atoms with Crippen molar-refractivity contribution >= 4 is 48.6 Å². The van der Waals surface area contributed by atoms with Gasteiger partial charge in [0.15, 0.2) is 0 Å². The fraction of sp³-hybridized carbons (Fsp3) is 0.0769. The van der Waals surface area contributed by atoms with E-state index in [1.807, 2.05) is 12.1 Å². The average molecular weight is 533 g/mol. The number of hydrogen-bond acceptors (Lipinski definition) is 4. The van der Waals surface area contributed by atoms with E-state index in [1.165, 1.54) is 36.4 Å². The topological polar surface area (TPSA) is 47.6 Å². The van der Waals surface area contributed by atoms with Crippen LogP contribution in [0.15, 0.2) is 70.5 Å². The van der Waals surface area contributed by atoms with E-state index in [1.54, 1.807) is 12.1 Å². The molecule has 0 aromatic heterocycles. The molecule has 3 rings (SSSR count). The van der Waals surface area contributed by atoms with E-state index in [0.29, 0.717) is 20.9 Å². The fourth-order valence-electron chi connectivity index (χ4n) is 3.19. The first-order valence-corrected chi connectivity index (χ1v) is 10.9. The molecule has 0 aliphatic rings. The fourth-order valence-corrected chi connectivity index (χ4v) is 3.73. The second kappa shape index (κ2) is 10.6. The highest BCUT2D eigenvalue weighted by atomic mass is 32.1. The number of nitrogens with zero attached hydrogens (tertiary/aromatic N) is 2. The van der Waals surface area contributed by atoms with Gasteiger partial charge in [-0.3, -0.25) is 0 Å². The zero-order valence-electron chi connectivity index (χ0n) is 18.0. The molecule has 0 heterocycles. The summed E-state index contributed by atoms with van der Waals surface area (Å²) in [6.07, 6.45) is -6.11. The van der Waals surface area contributed by atoms with Crippen molar-refractivity contribution in [1.29, 1.82) is 10.5 Å². The average Bonchev–Trinajstić information content (AvgIpc) is 2.82. The van der Waals surface area contributed by atoms with Gasteiger partial charge >= 0.3 is 12.4 Å². The van der Waals surface area contributed by atoms with Gasteiger partial charge in [0.1, 0.15) is 0 Å². The highest BCUT2D eigenvalue weighted by molar-refractivity contribution is 7.80. The van der Waals surface area contributed by atoms with Crippen molar-refractivity contribution in [2.75, 3.05) is 0 Å². The number of nitriles is 2. The molecule has 0 spiro atoms. The van der Waals surface area contributed by atoms with Crippen molar-refractivity contribution in [2.45, 2.75) is 22.1 Å². The lowest BCUT2D eigenvalue weighted by atomic mass is 9.99. The van der Waals surface area contributed by atoms with Gasteiger partial charge in [-0.1, -0.05) is 24.3 Å². The maximum absolute atomic E-state index is 12.8. The Hall–Kier alpha value is -3.60. The van der Waals surface area contributed by atoms with Crippen LogP contribution in [-0.2, 0) is 12.4 Å². The van der Waals surface area contributed by atoms with E-state index in [4.69, 9.17) is 0 Å². The zero-order valence-corrected chi connectivity index (χ0v) is 19.8. The van der Waals surface area contributed by atoms with Crippen molar-refractivity contribution in [1.82, 2.24) is 0 Å². The standard InChI is InChI=1S/C26H14F6N2S2/c27-25(28,29)21-5-1-15(2-6-21)19(13-33)9-17-11-24(36)18(12-23(17)35)10-20(14-34)16-3-7-22(8-4-16)26(30,31)32/h1-12,35-36H/b19-9+,20-10+. The molecule has 182 valence electrons. The summed E-state index contributed by atoms with van der Waals surface area (Å²) >= 11 is 8.81. The third kappa shape index (κ3) is 6.34. The molecule has 0 saturated carbocycles. The minimum atomic E-state index is -4.50. The number of hydrogen-bond donors (Lipinski definition) is 2. The van der Waals surface area contributed by atoms with Gasteiger partial charge in [0, 0.05) is 9.79 Å². The predicted octanol–water partition coefficient (Wildman–Crippen LogP) is 8.43. The monoisotopic (exact) mass is 532 g/mol. The van der Waals surface area contributed by atoms with Crippen molar-refractivity contribution in [2.24, 2.45) is 0 Å². The van der Waals surface area contributed by atoms with Gasteiger partial charge < -0.3 is 0 Å². The van der Waals surface area contributed by atoms with Crippen LogP contribution in [0.4, 0.5) is 26.3 Å². The van der Waals surface area contributed by atoms with E-state index in [-0.39, 0.29) is 22.3 Å². The summed E-state index contributed by atoms with van der Waals surface area (Å²) in [6, 6.07) is 15.3. The van der Waals surface area contributed by atoms with Crippen LogP contribution in [-0.4, -0.2) is 0 Å². The smallest absolute Gasteiger partial charge is 0.192 e. The van der Waals surface area contributed by atoms with Gasteiger partial charge in [0.2, 0.25) is 0 Å². The first-order valence-electron chi connectivity index (χ1n) is 9.98. The molecule has 0 aliphatic carbocycles. The second-order valence-electron chi connectivity index (χ2n) is 7.46. The quantitative estimate of drug-likeness (QED) is 0.153. The van der Waals surface area contributed by atoms with Gasteiger partial charge in [-0.05, 0) is 70.8 Å². The number of rotatable bonds is 4. The number of thiol groups is 2. The van der Waals surface area contributed by atoms with Crippen LogP contribution < -0.4 is 0 Å². The minimum absolute atomic E-state index is 0.0949. The lowest BCUT2D eigenvalue weighted by Gasteiger charge is -2.10. The van der Waals surface area contributed by atoms with Crippen molar-refractivity contribution in [3.63, 3.8) is 0 Å². The van der Waals surface area contributed by atoms with Crippen LogP contribution in [0.2, 0.25) is 0 Å². The van der Waals surface area contributed by atoms with Gasteiger partial charge in [-0.2, -0.15) is 36.9 Å². The van der Waals surface area contributed by atoms with Gasteiger partial charge in [-0.15, -0.1) is 25.3 Å². The van der Waals surface area contributed by atoms with E-state index < -0.39 is 23.5 Å². The van der Waals surface area contributed by atoms with Gasteiger partial charge in [0.05, 0.1) is 34.4 Å². The van der Waals surface area contributed by atoms with Crippen molar-refractivity contribution < 1.29 is 26.3 Å². The minimum Gasteiger partial charge on any atom is -0.192 e. The van der Waals surface area contributed by atoms with Crippen molar-refractivity contribution in [3.8, 4) is 12.1 Å². The lowest BCUT2D eigenvalue weighted by molar-refractivity contribution is -0.138. The Morgan fingerprint density at radius 3 is 1.17 bits per heavy atom. The Labute approximate surface area is 213 Å². The summed E-state index contributed by atoms with van der Waals surface area (Å²) in [5.74, 6) is 0. The third-order valence-corrected chi connectivity index (χ3v) is 5.84. The van der Waals surface area contributed by atoms with E-state index in [9.17, 15) is 36.9 Å². The summed E-state index contributed by atoms with van der Waals surface area (Å²) in [6.45, 7) is 0. The summed E-state index contributed by atoms with van der Waals surface area (Å²) in [5.41, 5.74) is -0.0407. The summed E-state index contributed by atoms with van der Waals surface area (Å²) in [5, 5.41) is 19.1. The summed E-state index contributed by atoms with van der Waals surface area (Å²) in [4.78, 5) is 0.756. The first-order chi connectivity index (χ1) is 16.8. The Balaban J connectivity index is 1.96. The maximum Gasteiger partial charge on any atom is 0.416 e. The molecule has 36 heavy (non-hydrogen) atoms. The van der Waals surface area contributed by atoms with Crippen LogP contribution in [0.1, 0.15) is 33.4 Å². The molecule has 0 amide bonds. The van der Waals surface area contributed by atoms with Crippen LogP contribution in [0.3, 0.4) is 0 Å². The highest BCUT2D eigenvalue weighted by Gasteiger charge is 2.30. The molecule has 0 aliphatic heterocycles. The molecule has 0 fully saturated rings. The molecule has 0 N–H and O–H groups in total. The largest absolute Gasteiger partial charge is 0.416 e. The molecule has 3 aromatic rings. The number of alkyl halides is 6. The van der Waals surface area contributed by atoms with Crippen molar-refractivity contribution in [3.05, 3.63) is 94.0 Å². The van der Waals surface area contributed by atoms with E-state index in [0.717, 1.165) is 24.3 Å². The molecule has 0 bridgehead atoms. The Morgan fingerprint density at radius 1 is 0.611 bits per heavy atom. The Kier molecular flexibility index (Phi) is 7.92. The molecular weight excluding hydrogens is 518 g/mol. The van der Waals surface area contributed by atoms with Gasteiger partial charge in [-0.25, -0.2) is 0 Å².